The quantitative estimate of drug-likeness (QED) is 0.784. The number of hydrogen-bond acceptors (Lipinski definition) is 3. The van der Waals surface area contributed by atoms with Crippen molar-refractivity contribution in [3.05, 3.63) is 35.9 Å². The van der Waals surface area contributed by atoms with Crippen LogP contribution in [0.25, 0.3) is 0 Å². The van der Waals surface area contributed by atoms with Crippen molar-refractivity contribution in [1.82, 2.24) is 5.32 Å². The molecule has 1 aromatic rings. The van der Waals surface area contributed by atoms with E-state index in [-0.39, 0.29) is 12.5 Å². The molecule has 4 nitrogen and oxygen atoms in total. The predicted molar refractivity (Wildman–Crippen MR) is 72.7 cm³/mol. The van der Waals surface area contributed by atoms with Gasteiger partial charge in [0.05, 0.1) is 11.7 Å². The first-order valence-electron chi connectivity index (χ1n) is 5.66. The summed E-state index contributed by atoms with van der Waals surface area (Å²) in [7, 11) is 0. The predicted octanol–water partition coefficient (Wildman–Crippen LogP) is 1.41. The number of benzene rings is 1. The molecular formula is C13H17NO3S. The summed E-state index contributed by atoms with van der Waals surface area (Å²) in [5.41, 5.74) is 0.962. The first-order chi connectivity index (χ1) is 8.63. The molecule has 5 heteroatoms. The van der Waals surface area contributed by atoms with Crippen LogP contribution < -0.4 is 5.32 Å². The van der Waals surface area contributed by atoms with Crippen LogP contribution in [-0.2, 0) is 16.0 Å². The van der Waals surface area contributed by atoms with Crippen LogP contribution in [-0.4, -0.2) is 35.5 Å². The largest absolute Gasteiger partial charge is 0.481 e. The number of carbonyl (C=O) groups is 2. The van der Waals surface area contributed by atoms with Gasteiger partial charge in [-0.1, -0.05) is 30.3 Å². The minimum atomic E-state index is -0.886. The van der Waals surface area contributed by atoms with Gasteiger partial charge in [-0.05, 0) is 18.2 Å². The molecule has 18 heavy (non-hydrogen) atoms. The first kappa shape index (κ1) is 14.6. The highest BCUT2D eigenvalue weighted by atomic mass is 32.2. The Bertz CT molecular complexity index is 394. The van der Waals surface area contributed by atoms with Gasteiger partial charge < -0.3 is 10.4 Å². The number of carbonyl (C=O) groups excluding carboxylic acids is 1. The van der Waals surface area contributed by atoms with Crippen molar-refractivity contribution in [3.8, 4) is 0 Å². The van der Waals surface area contributed by atoms with E-state index in [4.69, 9.17) is 5.11 Å². The van der Waals surface area contributed by atoms with Gasteiger partial charge in [-0.2, -0.15) is 11.8 Å². The lowest BCUT2D eigenvalue weighted by molar-refractivity contribution is -0.141. The van der Waals surface area contributed by atoms with Crippen LogP contribution in [0.15, 0.2) is 30.3 Å². The van der Waals surface area contributed by atoms with Gasteiger partial charge in [-0.25, -0.2) is 0 Å². The molecule has 0 aliphatic heterocycles. The molecule has 0 aliphatic rings. The van der Waals surface area contributed by atoms with Gasteiger partial charge in [0, 0.05) is 6.54 Å². The fraction of sp³-hybridized carbons (Fsp3) is 0.385. The molecule has 1 aromatic carbocycles. The van der Waals surface area contributed by atoms with E-state index in [0.29, 0.717) is 12.2 Å². The van der Waals surface area contributed by atoms with Crippen LogP contribution in [0.5, 0.6) is 0 Å². The number of hydrogen-bond donors (Lipinski definition) is 2. The Labute approximate surface area is 111 Å². The number of carboxylic acid groups (broad SMARTS) is 1. The monoisotopic (exact) mass is 267 g/mol. The molecule has 0 saturated heterocycles. The SMILES string of the molecule is CSCC(=O)NCC(Cc1ccccc1)C(=O)O. The lowest BCUT2D eigenvalue weighted by Crippen LogP contribution is -2.34. The van der Waals surface area contributed by atoms with Crippen molar-refractivity contribution in [2.24, 2.45) is 5.92 Å². The molecule has 0 spiro atoms. The maximum absolute atomic E-state index is 11.3. The van der Waals surface area contributed by atoms with Crippen LogP contribution in [0.4, 0.5) is 0 Å². The molecule has 0 saturated carbocycles. The number of aliphatic carboxylic acids is 1. The number of amides is 1. The highest BCUT2D eigenvalue weighted by molar-refractivity contribution is 7.99. The smallest absolute Gasteiger partial charge is 0.308 e. The Morgan fingerprint density at radius 2 is 2.00 bits per heavy atom. The van der Waals surface area contributed by atoms with Gasteiger partial charge in [0.15, 0.2) is 0 Å². The summed E-state index contributed by atoms with van der Waals surface area (Å²) in [6, 6.07) is 9.42. The molecule has 1 atom stereocenters. The minimum Gasteiger partial charge on any atom is -0.481 e. The number of carboxylic acids is 1. The molecular weight excluding hydrogens is 250 g/mol. The topological polar surface area (TPSA) is 66.4 Å². The van der Waals surface area contributed by atoms with Gasteiger partial charge in [0.25, 0.3) is 0 Å². The summed E-state index contributed by atoms with van der Waals surface area (Å²) in [5.74, 6) is -1.24. The second-order valence-corrected chi connectivity index (χ2v) is 4.83. The van der Waals surface area contributed by atoms with E-state index in [1.807, 2.05) is 36.6 Å². The molecule has 0 aliphatic carbocycles. The summed E-state index contributed by atoms with van der Waals surface area (Å²) in [6.45, 7) is 0.170. The maximum atomic E-state index is 11.3. The molecule has 0 heterocycles. The van der Waals surface area contributed by atoms with Crippen molar-refractivity contribution in [2.75, 3.05) is 18.6 Å². The third-order valence-corrected chi connectivity index (χ3v) is 3.05. The van der Waals surface area contributed by atoms with E-state index >= 15 is 0 Å². The van der Waals surface area contributed by atoms with Crippen molar-refractivity contribution < 1.29 is 14.7 Å². The number of nitrogens with one attached hydrogen (secondary N) is 1. The van der Waals surface area contributed by atoms with Crippen molar-refractivity contribution >= 4 is 23.6 Å². The molecule has 1 amide bonds. The summed E-state index contributed by atoms with van der Waals surface area (Å²) in [5, 5.41) is 11.8. The van der Waals surface area contributed by atoms with Crippen LogP contribution in [0.3, 0.4) is 0 Å². The molecule has 98 valence electrons. The Balaban J connectivity index is 2.51. The third-order valence-electron chi connectivity index (χ3n) is 2.50. The zero-order valence-corrected chi connectivity index (χ0v) is 11.1. The zero-order valence-electron chi connectivity index (χ0n) is 10.3. The summed E-state index contributed by atoms with van der Waals surface area (Å²) < 4.78 is 0. The average molecular weight is 267 g/mol. The number of thioether (sulfide) groups is 1. The molecule has 0 bridgehead atoms. The van der Waals surface area contributed by atoms with Crippen LogP contribution >= 0.6 is 11.8 Å². The standard InChI is InChI=1S/C13H17NO3S/c1-18-9-12(15)14-8-11(13(16)17)7-10-5-3-2-4-6-10/h2-6,11H,7-9H2,1H3,(H,14,15)(H,16,17). The van der Waals surface area contributed by atoms with Gasteiger partial charge in [-0.15, -0.1) is 0 Å². The van der Waals surface area contributed by atoms with Crippen molar-refractivity contribution in [2.45, 2.75) is 6.42 Å². The molecule has 1 rings (SSSR count). The summed E-state index contributed by atoms with van der Waals surface area (Å²) in [4.78, 5) is 22.4. The second kappa shape index (κ2) is 7.76. The van der Waals surface area contributed by atoms with E-state index in [9.17, 15) is 9.59 Å². The molecule has 2 N–H and O–H groups in total. The molecule has 0 fully saturated rings. The average Bonchev–Trinajstić information content (AvgIpc) is 2.35. The zero-order chi connectivity index (χ0) is 13.4. The Morgan fingerprint density at radius 1 is 1.33 bits per heavy atom. The van der Waals surface area contributed by atoms with Gasteiger partial charge in [0.1, 0.15) is 0 Å². The molecule has 1 unspecified atom stereocenters. The minimum absolute atomic E-state index is 0.123. The van der Waals surface area contributed by atoms with E-state index in [1.165, 1.54) is 11.8 Å². The molecule has 0 radical (unpaired) electrons. The Kier molecular flexibility index (Phi) is 6.28. The van der Waals surface area contributed by atoms with E-state index in [2.05, 4.69) is 5.32 Å². The van der Waals surface area contributed by atoms with Crippen molar-refractivity contribution in [1.29, 1.82) is 0 Å². The van der Waals surface area contributed by atoms with Gasteiger partial charge in [-0.3, -0.25) is 9.59 Å². The lowest BCUT2D eigenvalue weighted by atomic mass is 9.99. The van der Waals surface area contributed by atoms with E-state index < -0.39 is 11.9 Å². The fourth-order valence-corrected chi connectivity index (χ4v) is 1.93. The van der Waals surface area contributed by atoms with Gasteiger partial charge in [0.2, 0.25) is 5.91 Å². The normalized spacial score (nSPS) is 11.8. The lowest BCUT2D eigenvalue weighted by Gasteiger charge is -2.13. The highest BCUT2D eigenvalue weighted by Crippen LogP contribution is 2.08. The highest BCUT2D eigenvalue weighted by Gasteiger charge is 2.18. The Hall–Kier alpha value is -1.49. The summed E-state index contributed by atoms with van der Waals surface area (Å²) >= 11 is 1.41. The first-order valence-corrected chi connectivity index (χ1v) is 7.05. The number of rotatable bonds is 7. The van der Waals surface area contributed by atoms with Crippen LogP contribution in [0, 0.1) is 5.92 Å². The Morgan fingerprint density at radius 3 is 2.56 bits per heavy atom. The molecule has 0 aromatic heterocycles. The fourth-order valence-electron chi connectivity index (χ4n) is 1.56. The van der Waals surface area contributed by atoms with Crippen LogP contribution in [0.1, 0.15) is 5.56 Å². The second-order valence-electron chi connectivity index (χ2n) is 3.96. The van der Waals surface area contributed by atoms with Crippen LogP contribution in [0.2, 0.25) is 0 Å². The van der Waals surface area contributed by atoms with Crippen molar-refractivity contribution in [3.63, 3.8) is 0 Å². The van der Waals surface area contributed by atoms with E-state index in [0.717, 1.165) is 5.56 Å². The van der Waals surface area contributed by atoms with Gasteiger partial charge >= 0.3 is 5.97 Å². The third kappa shape index (κ3) is 5.23. The summed E-state index contributed by atoms with van der Waals surface area (Å²) in [6.07, 6.45) is 2.26. The maximum Gasteiger partial charge on any atom is 0.308 e. The van der Waals surface area contributed by atoms with E-state index in [1.54, 1.807) is 0 Å².